The number of hydrogen-bond donors (Lipinski definition) is 1. The van der Waals surface area contributed by atoms with Crippen LogP contribution in [-0.4, -0.2) is 42.7 Å². The van der Waals surface area contributed by atoms with E-state index in [0.29, 0.717) is 6.61 Å². The first-order chi connectivity index (χ1) is 9.66. The van der Waals surface area contributed by atoms with Gasteiger partial charge in [0.2, 0.25) is 0 Å². The maximum absolute atomic E-state index is 5.78. The number of rotatable bonds is 6. The van der Waals surface area contributed by atoms with Crippen LogP contribution < -0.4 is 10.1 Å². The Labute approximate surface area is 127 Å². The van der Waals surface area contributed by atoms with Gasteiger partial charge in [0.15, 0.2) is 0 Å². The van der Waals surface area contributed by atoms with Gasteiger partial charge in [-0.3, -0.25) is 0 Å². The molecule has 0 aliphatic carbocycles. The monoisotopic (exact) mass is 292 g/mol. The third kappa shape index (κ3) is 4.46. The predicted octanol–water partition coefficient (Wildman–Crippen LogP) is 2.70. The van der Waals surface area contributed by atoms with Crippen molar-refractivity contribution in [2.24, 2.45) is 0 Å². The lowest BCUT2D eigenvalue weighted by Crippen LogP contribution is -2.35. The topological polar surface area (TPSA) is 24.5 Å². The minimum Gasteiger partial charge on any atom is -0.486 e. The predicted molar refractivity (Wildman–Crippen MR) is 87.7 cm³/mol. The smallest absolute Gasteiger partial charge is 0.138 e. The molecule has 2 rings (SSSR count). The van der Waals surface area contributed by atoms with Crippen molar-refractivity contribution >= 4 is 17.2 Å². The van der Waals surface area contributed by atoms with Crippen LogP contribution in [0, 0.1) is 13.8 Å². The third-order valence-electron chi connectivity index (χ3n) is 3.86. The van der Waals surface area contributed by atoms with Crippen LogP contribution in [0.1, 0.15) is 24.0 Å². The Kier molecular flexibility index (Phi) is 5.80. The van der Waals surface area contributed by atoms with E-state index < -0.39 is 0 Å². The Morgan fingerprint density at radius 3 is 2.80 bits per heavy atom. The number of benzene rings is 1. The summed E-state index contributed by atoms with van der Waals surface area (Å²) in [4.78, 5) is 3.26. The molecule has 1 aliphatic rings. The maximum atomic E-state index is 5.78. The molecule has 1 fully saturated rings. The fourth-order valence-electron chi connectivity index (χ4n) is 2.43. The average Bonchev–Trinajstić information content (AvgIpc) is 2.94. The molecule has 1 heterocycles. The van der Waals surface area contributed by atoms with E-state index in [1.54, 1.807) is 0 Å². The largest absolute Gasteiger partial charge is 0.486 e. The van der Waals surface area contributed by atoms with E-state index >= 15 is 0 Å². The minimum absolute atomic E-state index is 0.458. The number of hydrogen-bond acceptors (Lipinski definition) is 3. The molecule has 0 atom stereocenters. The Balaban J connectivity index is 1.68. The average molecular weight is 292 g/mol. The molecule has 3 nitrogen and oxygen atoms in total. The van der Waals surface area contributed by atoms with Crippen LogP contribution >= 0.6 is 12.2 Å². The molecule has 1 aromatic rings. The molecule has 0 saturated carbocycles. The van der Waals surface area contributed by atoms with Gasteiger partial charge in [-0.05, 0) is 57.0 Å². The van der Waals surface area contributed by atoms with Crippen molar-refractivity contribution in [1.29, 1.82) is 0 Å². The quantitative estimate of drug-likeness (QED) is 0.815. The van der Waals surface area contributed by atoms with Gasteiger partial charge in [0.25, 0.3) is 0 Å². The van der Waals surface area contributed by atoms with Crippen molar-refractivity contribution in [2.45, 2.75) is 26.7 Å². The number of likely N-dealkylation sites (tertiary alicyclic amines) is 1. The van der Waals surface area contributed by atoms with Gasteiger partial charge in [-0.1, -0.05) is 24.4 Å². The second-order valence-electron chi connectivity index (χ2n) is 5.39. The highest BCUT2D eigenvalue weighted by molar-refractivity contribution is 7.80. The summed E-state index contributed by atoms with van der Waals surface area (Å²) in [6.45, 7) is 9.07. The summed E-state index contributed by atoms with van der Waals surface area (Å²) in [6.07, 6.45) is 2.67. The summed E-state index contributed by atoms with van der Waals surface area (Å²) in [5, 5.41) is 3.28. The van der Waals surface area contributed by atoms with Crippen LogP contribution in [0.5, 0.6) is 5.75 Å². The second kappa shape index (κ2) is 7.60. The zero-order chi connectivity index (χ0) is 14.4. The Morgan fingerprint density at radius 2 is 2.05 bits per heavy atom. The number of thiocarbonyl (C=S) groups is 1. The summed E-state index contributed by atoms with van der Waals surface area (Å²) < 4.78 is 5.78. The van der Waals surface area contributed by atoms with Gasteiger partial charge in [-0.2, -0.15) is 0 Å². The molecule has 0 radical (unpaired) electrons. The highest BCUT2D eigenvalue weighted by Gasteiger charge is 2.10. The van der Waals surface area contributed by atoms with Gasteiger partial charge in [0.05, 0.1) is 0 Å². The fraction of sp³-hybridized carbons (Fsp3) is 0.562. The molecule has 4 heteroatoms. The summed E-state index contributed by atoms with van der Waals surface area (Å²) in [5.74, 6) is 0.925. The van der Waals surface area contributed by atoms with E-state index in [0.717, 1.165) is 23.8 Å². The van der Waals surface area contributed by atoms with Crippen LogP contribution in [-0.2, 0) is 0 Å². The Hall–Kier alpha value is -1.13. The van der Waals surface area contributed by atoms with Crippen LogP contribution in [0.3, 0.4) is 0 Å². The molecule has 0 aromatic heterocycles. The number of ether oxygens (including phenoxy) is 1. The first-order valence-corrected chi connectivity index (χ1v) is 7.75. The van der Waals surface area contributed by atoms with E-state index in [-0.39, 0.29) is 0 Å². The number of aryl methyl sites for hydroxylation is 1. The van der Waals surface area contributed by atoms with E-state index in [1.807, 2.05) is 12.1 Å². The van der Waals surface area contributed by atoms with Crippen molar-refractivity contribution in [3.05, 3.63) is 29.3 Å². The zero-order valence-corrected chi connectivity index (χ0v) is 13.3. The lowest BCUT2D eigenvalue weighted by atomic mass is 10.1. The van der Waals surface area contributed by atoms with E-state index in [1.165, 1.54) is 37.1 Å². The molecule has 1 aliphatic heterocycles. The highest BCUT2D eigenvalue weighted by atomic mass is 32.1. The molecule has 1 saturated heterocycles. The molecular weight excluding hydrogens is 268 g/mol. The lowest BCUT2D eigenvalue weighted by Gasteiger charge is -2.16. The van der Waals surface area contributed by atoms with Crippen molar-refractivity contribution in [3.8, 4) is 5.75 Å². The summed E-state index contributed by atoms with van der Waals surface area (Å²) >= 11 is 5.31. The number of nitrogens with one attached hydrogen (secondary N) is 1. The van der Waals surface area contributed by atoms with Crippen LogP contribution in [0.4, 0.5) is 0 Å². The van der Waals surface area contributed by atoms with Gasteiger partial charge in [0, 0.05) is 13.1 Å². The van der Waals surface area contributed by atoms with Gasteiger partial charge in [-0.25, -0.2) is 0 Å². The fourth-order valence-corrected chi connectivity index (χ4v) is 2.60. The van der Waals surface area contributed by atoms with Crippen molar-refractivity contribution < 1.29 is 4.74 Å². The van der Waals surface area contributed by atoms with Gasteiger partial charge in [-0.15, -0.1) is 0 Å². The molecule has 0 unspecified atom stereocenters. The third-order valence-corrected chi connectivity index (χ3v) is 4.12. The maximum Gasteiger partial charge on any atom is 0.138 e. The molecule has 0 bridgehead atoms. The van der Waals surface area contributed by atoms with Crippen molar-refractivity contribution in [2.75, 3.05) is 32.8 Å². The standard InChI is InChI=1S/C16H24N2OS/c1-13-6-5-7-15(14(13)2)19-12-16(20)17-8-11-18-9-3-4-10-18/h5-7H,3-4,8-12H2,1-2H3,(H,17,20). The molecule has 0 amide bonds. The summed E-state index contributed by atoms with van der Waals surface area (Å²) in [7, 11) is 0. The normalized spacial score (nSPS) is 15.3. The SMILES string of the molecule is Cc1cccc(OCC(=S)NCCN2CCCC2)c1C. The van der Waals surface area contributed by atoms with E-state index in [4.69, 9.17) is 17.0 Å². The van der Waals surface area contributed by atoms with Gasteiger partial charge in [0.1, 0.15) is 17.3 Å². The first kappa shape index (κ1) is 15.3. The lowest BCUT2D eigenvalue weighted by molar-refractivity contribution is 0.340. The second-order valence-corrected chi connectivity index (χ2v) is 5.88. The Bertz CT molecular complexity index is 456. The Morgan fingerprint density at radius 1 is 1.30 bits per heavy atom. The molecule has 1 N–H and O–H groups in total. The summed E-state index contributed by atoms with van der Waals surface area (Å²) in [5.41, 5.74) is 2.43. The molecule has 110 valence electrons. The molecular formula is C16H24N2OS. The van der Waals surface area contributed by atoms with Gasteiger partial charge < -0.3 is 15.0 Å². The number of nitrogens with zero attached hydrogens (tertiary/aromatic N) is 1. The van der Waals surface area contributed by atoms with Crippen molar-refractivity contribution in [3.63, 3.8) is 0 Å². The molecule has 20 heavy (non-hydrogen) atoms. The molecule has 1 aromatic carbocycles. The minimum atomic E-state index is 0.458. The first-order valence-electron chi connectivity index (χ1n) is 7.35. The zero-order valence-electron chi connectivity index (χ0n) is 12.4. The van der Waals surface area contributed by atoms with Gasteiger partial charge >= 0.3 is 0 Å². The van der Waals surface area contributed by atoms with Crippen LogP contribution in [0.2, 0.25) is 0 Å². The van der Waals surface area contributed by atoms with Crippen LogP contribution in [0.25, 0.3) is 0 Å². The molecule has 0 spiro atoms. The van der Waals surface area contributed by atoms with E-state index in [9.17, 15) is 0 Å². The summed E-state index contributed by atoms with van der Waals surface area (Å²) in [6, 6.07) is 6.10. The van der Waals surface area contributed by atoms with Crippen LogP contribution in [0.15, 0.2) is 18.2 Å². The van der Waals surface area contributed by atoms with Crippen molar-refractivity contribution in [1.82, 2.24) is 10.2 Å². The highest BCUT2D eigenvalue weighted by Crippen LogP contribution is 2.20. The van der Waals surface area contributed by atoms with E-state index in [2.05, 4.69) is 30.1 Å².